The van der Waals surface area contributed by atoms with Crippen molar-refractivity contribution < 1.29 is 19.0 Å². The standard InChI is InChI=1S/C31H27BrN2O4/c1-36-23-9-3-19(4-10-23)17-33-29-27-16-26-25-13-8-22(32)15-21(25)7-14-28(26)38-31(27)34(30(29)35)18-20-5-11-24(37-2)12-6-20/h3-15,31,33H,16-18H2,1-2H3. The molecule has 0 aromatic heterocycles. The minimum Gasteiger partial charge on any atom is -0.497 e. The lowest BCUT2D eigenvalue weighted by atomic mass is 9.94. The normalized spacial score (nSPS) is 16.2. The van der Waals surface area contributed by atoms with E-state index in [-0.39, 0.29) is 5.91 Å². The van der Waals surface area contributed by atoms with Gasteiger partial charge < -0.3 is 19.5 Å². The van der Waals surface area contributed by atoms with Gasteiger partial charge in [0.2, 0.25) is 0 Å². The number of rotatable bonds is 7. The lowest BCUT2D eigenvalue weighted by Gasteiger charge is -2.32. The van der Waals surface area contributed by atoms with Gasteiger partial charge >= 0.3 is 0 Å². The van der Waals surface area contributed by atoms with Crippen LogP contribution < -0.4 is 19.5 Å². The molecule has 1 N–H and O–H groups in total. The molecule has 7 heteroatoms. The van der Waals surface area contributed by atoms with Gasteiger partial charge in [-0.05, 0) is 64.4 Å². The maximum atomic E-state index is 13.9. The second-order valence-corrected chi connectivity index (χ2v) is 10.4. The Kier molecular flexibility index (Phi) is 6.45. The number of hydrogen-bond donors (Lipinski definition) is 1. The molecule has 1 amide bonds. The topological polar surface area (TPSA) is 60.0 Å². The van der Waals surface area contributed by atoms with Crippen molar-refractivity contribution >= 4 is 32.6 Å². The van der Waals surface area contributed by atoms with Crippen molar-refractivity contribution in [3.63, 3.8) is 0 Å². The van der Waals surface area contributed by atoms with Gasteiger partial charge in [0.25, 0.3) is 5.91 Å². The molecule has 1 unspecified atom stereocenters. The van der Waals surface area contributed by atoms with E-state index in [2.05, 4.69) is 39.4 Å². The number of ether oxygens (including phenoxy) is 3. The molecule has 0 radical (unpaired) electrons. The molecule has 6 rings (SSSR count). The molecule has 4 aromatic carbocycles. The number of amides is 1. The number of benzene rings is 4. The first kappa shape index (κ1) is 24.4. The molecular formula is C31H27BrN2O4. The van der Waals surface area contributed by atoms with Crippen molar-refractivity contribution in [2.24, 2.45) is 0 Å². The van der Waals surface area contributed by atoms with Crippen LogP contribution in [0.25, 0.3) is 10.8 Å². The minimum absolute atomic E-state index is 0.0609. The average molecular weight is 571 g/mol. The smallest absolute Gasteiger partial charge is 0.273 e. The van der Waals surface area contributed by atoms with Gasteiger partial charge in [0, 0.05) is 35.1 Å². The van der Waals surface area contributed by atoms with Gasteiger partial charge in [0.15, 0.2) is 6.23 Å². The molecular weight excluding hydrogens is 544 g/mol. The van der Waals surface area contributed by atoms with Crippen molar-refractivity contribution in [1.29, 1.82) is 0 Å². The maximum Gasteiger partial charge on any atom is 0.273 e. The fourth-order valence-corrected chi connectivity index (χ4v) is 5.54. The molecule has 0 aliphatic carbocycles. The van der Waals surface area contributed by atoms with Crippen LogP contribution in [-0.2, 0) is 24.3 Å². The van der Waals surface area contributed by atoms with Crippen LogP contribution in [0.1, 0.15) is 16.7 Å². The summed E-state index contributed by atoms with van der Waals surface area (Å²) in [6, 6.07) is 26.0. The minimum atomic E-state index is -0.469. The predicted molar refractivity (Wildman–Crippen MR) is 150 cm³/mol. The molecule has 2 aliphatic heterocycles. The van der Waals surface area contributed by atoms with Crippen LogP contribution in [0, 0.1) is 0 Å². The molecule has 2 heterocycles. The Morgan fingerprint density at radius 1 is 0.921 bits per heavy atom. The lowest BCUT2D eigenvalue weighted by molar-refractivity contribution is -0.132. The molecule has 0 saturated carbocycles. The fraction of sp³-hybridized carbons (Fsp3) is 0.194. The zero-order valence-corrected chi connectivity index (χ0v) is 22.7. The van der Waals surface area contributed by atoms with E-state index in [1.807, 2.05) is 65.6 Å². The van der Waals surface area contributed by atoms with Crippen molar-refractivity contribution in [2.75, 3.05) is 14.2 Å². The molecule has 1 atom stereocenters. The third-order valence-electron chi connectivity index (χ3n) is 7.17. The van der Waals surface area contributed by atoms with Crippen LogP contribution in [0.15, 0.2) is 94.6 Å². The lowest BCUT2D eigenvalue weighted by Crippen LogP contribution is -2.41. The van der Waals surface area contributed by atoms with Gasteiger partial charge in [0.05, 0.1) is 14.2 Å². The average Bonchev–Trinajstić information content (AvgIpc) is 3.20. The quantitative estimate of drug-likeness (QED) is 0.297. The summed E-state index contributed by atoms with van der Waals surface area (Å²) >= 11 is 3.57. The molecule has 0 spiro atoms. The van der Waals surface area contributed by atoms with E-state index < -0.39 is 6.23 Å². The van der Waals surface area contributed by atoms with Crippen LogP contribution in [-0.4, -0.2) is 31.3 Å². The van der Waals surface area contributed by atoms with E-state index in [1.165, 1.54) is 0 Å². The summed E-state index contributed by atoms with van der Waals surface area (Å²) in [5.74, 6) is 2.34. The summed E-state index contributed by atoms with van der Waals surface area (Å²) in [6.07, 6.45) is 0.165. The first-order chi connectivity index (χ1) is 18.5. The van der Waals surface area contributed by atoms with Crippen molar-refractivity contribution in [1.82, 2.24) is 10.2 Å². The zero-order chi connectivity index (χ0) is 26.2. The summed E-state index contributed by atoms with van der Waals surface area (Å²) in [7, 11) is 3.30. The van der Waals surface area contributed by atoms with Crippen LogP contribution in [0.2, 0.25) is 0 Å². The summed E-state index contributed by atoms with van der Waals surface area (Å²) < 4.78 is 18.2. The SMILES string of the molecule is COc1ccc(CNC2=C3Cc4c(ccc5cc(Br)ccc45)OC3N(Cc3ccc(OC)cc3)C2=O)cc1. The second-order valence-electron chi connectivity index (χ2n) is 9.44. The van der Waals surface area contributed by atoms with Crippen molar-refractivity contribution in [3.05, 3.63) is 111 Å². The highest BCUT2D eigenvalue weighted by Crippen LogP contribution is 2.41. The zero-order valence-electron chi connectivity index (χ0n) is 21.2. The molecule has 0 fully saturated rings. The number of nitrogens with one attached hydrogen (secondary N) is 1. The van der Waals surface area contributed by atoms with Crippen LogP contribution in [0.4, 0.5) is 0 Å². The van der Waals surface area contributed by atoms with E-state index in [4.69, 9.17) is 14.2 Å². The monoisotopic (exact) mass is 570 g/mol. The first-order valence-corrected chi connectivity index (χ1v) is 13.2. The van der Waals surface area contributed by atoms with Gasteiger partial charge in [-0.1, -0.05) is 52.3 Å². The van der Waals surface area contributed by atoms with E-state index in [9.17, 15) is 4.79 Å². The third-order valence-corrected chi connectivity index (χ3v) is 7.67. The Labute approximate surface area is 229 Å². The van der Waals surface area contributed by atoms with Crippen LogP contribution in [0.3, 0.4) is 0 Å². The van der Waals surface area contributed by atoms with Crippen molar-refractivity contribution in [2.45, 2.75) is 25.7 Å². The van der Waals surface area contributed by atoms with Crippen LogP contribution in [0.5, 0.6) is 17.2 Å². The van der Waals surface area contributed by atoms with Gasteiger partial charge in [-0.25, -0.2) is 0 Å². The van der Waals surface area contributed by atoms with Gasteiger partial charge in [-0.2, -0.15) is 0 Å². The predicted octanol–water partition coefficient (Wildman–Crippen LogP) is 5.97. The Balaban J connectivity index is 1.35. The molecule has 38 heavy (non-hydrogen) atoms. The number of fused-ring (bicyclic) bond motifs is 4. The number of carbonyl (C=O) groups is 1. The Morgan fingerprint density at radius 2 is 1.61 bits per heavy atom. The number of halogens is 1. The van der Waals surface area contributed by atoms with Crippen LogP contribution >= 0.6 is 15.9 Å². The molecule has 2 aliphatic rings. The van der Waals surface area contributed by atoms with E-state index in [0.29, 0.717) is 25.2 Å². The Hall–Kier alpha value is -3.97. The Bertz CT molecular complexity index is 1550. The highest BCUT2D eigenvalue weighted by molar-refractivity contribution is 9.10. The number of nitrogens with zero attached hydrogens (tertiary/aromatic N) is 1. The third kappa shape index (κ3) is 4.47. The summed E-state index contributed by atoms with van der Waals surface area (Å²) in [5.41, 5.74) is 4.74. The van der Waals surface area contributed by atoms with Gasteiger partial charge in [-0.3, -0.25) is 9.69 Å². The van der Waals surface area contributed by atoms with E-state index >= 15 is 0 Å². The molecule has 4 aromatic rings. The number of methoxy groups -OCH3 is 2. The second kappa shape index (κ2) is 10.1. The van der Waals surface area contributed by atoms with E-state index in [0.717, 1.165) is 54.8 Å². The van der Waals surface area contributed by atoms with Gasteiger partial charge in [0.1, 0.15) is 22.9 Å². The van der Waals surface area contributed by atoms with Gasteiger partial charge in [-0.15, -0.1) is 0 Å². The summed E-state index contributed by atoms with van der Waals surface area (Å²) in [5, 5.41) is 5.71. The summed E-state index contributed by atoms with van der Waals surface area (Å²) in [6.45, 7) is 0.952. The van der Waals surface area contributed by atoms with E-state index in [1.54, 1.807) is 14.2 Å². The highest BCUT2D eigenvalue weighted by atomic mass is 79.9. The largest absolute Gasteiger partial charge is 0.497 e. The Morgan fingerprint density at radius 3 is 2.29 bits per heavy atom. The number of hydrogen-bond acceptors (Lipinski definition) is 5. The number of carbonyl (C=O) groups excluding carboxylic acids is 1. The summed E-state index contributed by atoms with van der Waals surface area (Å²) in [4.78, 5) is 15.7. The first-order valence-electron chi connectivity index (χ1n) is 12.5. The molecule has 0 saturated heterocycles. The highest BCUT2D eigenvalue weighted by Gasteiger charge is 2.43. The molecule has 0 bridgehead atoms. The molecule has 6 nitrogen and oxygen atoms in total. The fourth-order valence-electron chi connectivity index (χ4n) is 5.16. The van der Waals surface area contributed by atoms with Crippen molar-refractivity contribution in [3.8, 4) is 17.2 Å². The molecule has 192 valence electrons. The maximum absolute atomic E-state index is 13.9.